The molecule has 1 fully saturated rings. The Hall–Kier alpha value is -4.59. The van der Waals surface area contributed by atoms with Crippen molar-refractivity contribution in [3.05, 3.63) is 101 Å². The van der Waals surface area contributed by atoms with Gasteiger partial charge in [-0.2, -0.15) is 0 Å². The van der Waals surface area contributed by atoms with Gasteiger partial charge in [0.2, 0.25) is 0 Å². The zero-order valence-electron chi connectivity index (χ0n) is 20.1. The van der Waals surface area contributed by atoms with Gasteiger partial charge in [0, 0.05) is 12.1 Å². The Kier molecular flexibility index (Phi) is 7.05. The number of ketones is 1. The standard InChI is InChI=1S/C28H25NO7/c1-34-21-13-11-18(12-14-21)24-23(25(30)20-5-4-6-22(15-20)35-2)26(31)27(32)29(24)16-17-7-9-19(10-8-17)28(33)36-3/h4-15,24,30H,16H2,1-3H3/b25-23+. The summed E-state index contributed by atoms with van der Waals surface area (Å²) >= 11 is 0. The third kappa shape index (κ3) is 4.65. The van der Waals surface area contributed by atoms with Crippen LogP contribution < -0.4 is 9.47 Å². The number of amides is 1. The molecule has 1 amide bonds. The van der Waals surface area contributed by atoms with E-state index >= 15 is 0 Å². The highest BCUT2D eigenvalue weighted by atomic mass is 16.5. The Labute approximate surface area is 208 Å². The summed E-state index contributed by atoms with van der Waals surface area (Å²) in [6, 6.07) is 19.3. The number of nitrogens with zero attached hydrogens (tertiary/aromatic N) is 1. The monoisotopic (exact) mass is 487 g/mol. The molecule has 8 nitrogen and oxygen atoms in total. The van der Waals surface area contributed by atoms with Crippen molar-refractivity contribution in [2.75, 3.05) is 21.3 Å². The first-order chi connectivity index (χ1) is 17.4. The van der Waals surface area contributed by atoms with E-state index in [0.29, 0.717) is 33.8 Å². The molecule has 8 heteroatoms. The van der Waals surface area contributed by atoms with Crippen LogP contribution in [0.1, 0.15) is 33.1 Å². The zero-order valence-corrected chi connectivity index (χ0v) is 20.1. The number of aliphatic hydroxyl groups is 1. The Morgan fingerprint density at radius 2 is 1.53 bits per heavy atom. The van der Waals surface area contributed by atoms with E-state index in [1.165, 1.54) is 19.1 Å². The molecule has 0 aromatic heterocycles. The van der Waals surface area contributed by atoms with Gasteiger partial charge in [-0.15, -0.1) is 0 Å². The van der Waals surface area contributed by atoms with Crippen molar-refractivity contribution in [3.8, 4) is 11.5 Å². The number of methoxy groups -OCH3 is 3. The minimum Gasteiger partial charge on any atom is -0.507 e. The van der Waals surface area contributed by atoms with Gasteiger partial charge in [0.15, 0.2) is 0 Å². The van der Waals surface area contributed by atoms with Crippen LogP contribution in [0.3, 0.4) is 0 Å². The number of hydrogen-bond donors (Lipinski definition) is 1. The lowest BCUT2D eigenvalue weighted by Crippen LogP contribution is -2.29. The quantitative estimate of drug-likeness (QED) is 0.232. The number of likely N-dealkylation sites (tertiary alicyclic amines) is 1. The van der Waals surface area contributed by atoms with E-state index in [2.05, 4.69) is 0 Å². The molecular weight excluding hydrogens is 462 g/mol. The first-order valence-corrected chi connectivity index (χ1v) is 11.1. The fraction of sp³-hybridized carbons (Fsp3) is 0.179. The van der Waals surface area contributed by atoms with Crippen LogP contribution >= 0.6 is 0 Å². The topological polar surface area (TPSA) is 102 Å². The molecule has 1 N–H and O–H groups in total. The molecule has 0 spiro atoms. The van der Waals surface area contributed by atoms with E-state index < -0.39 is 23.7 Å². The van der Waals surface area contributed by atoms with E-state index in [1.54, 1.807) is 79.9 Å². The molecule has 184 valence electrons. The molecular formula is C28H25NO7. The van der Waals surface area contributed by atoms with Gasteiger partial charge in [-0.05, 0) is 47.5 Å². The van der Waals surface area contributed by atoms with Crippen LogP contribution in [0, 0.1) is 0 Å². The maximum Gasteiger partial charge on any atom is 0.337 e. The molecule has 1 heterocycles. The van der Waals surface area contributed by atoms with Crippen LogP contribution in [0.2, 0.25) is 0 Å². The fourth-order valence-corrected chi connectivity index (χ4v) is 4.16. The van der Waals surface area contributed by atoms with Crippen molar-refractivity contribution in [1.29, 1.82) is 0 Å². The fourth-order valence-electron chi connectivity index (χ4n) is 4.16. The minimum atomic E-state index is -0.845. The van der Waals surface area contributed by atoms with E-state index in [0.717, 1.165) is 0 Å². The Morgan fingerprint density at radius 1 is 0.861 bits per heavy atom. The summed E-state index contributed by atoms with van der Waals surface area (Å²) in [7, 11) is 4.34. The maximum absolute atomic E-state index is 13.2. The Morgan fingerprint density at radius 3 is 2.14 bits per heavy atom. The van der Waals surface area contributed by atoms with Crippen molar-refractivity contribution in [2.45, 2.75) is 12.6 Å². The summed E-state index contributed by atoms with van der Waals surface area (Å²) in [5.74, 6) is -1.18. The number of ether oxygens (including phenoxy) is 3. The Balaban J connectivity index is 1.80. The lowest BCUT2D eigenvalue weighted by molar-refractivity contribution is -0.140. The van der Waals surface area contributed by atoms with Crippen LogP contribution in [-0.2, 0) is 20.9 Å². The van der Waals surface area contributed by atoms with Crippen molar-refractivity contribution >= 4 is 23.4 Å². The summed E-state index contributed by atoms with van der Waals surface area (Å²) in [6.45, 7) is 0.0810. The van der Waals surface area contributed by atoms with Crippen LogP contribution in [-0.4, -0.2) is 49.0 Å². The van der Waals surface area contributed by atoms with Gasteiger partial charge in [0.05, 0.1) is 38.5 Å². The molecule has 3 aromatic rings. The van der Waals surface area contributed by atoms with Gasteiger partial charge in [-0.1, -0.05) is 36.4 Å². The van der Waals surface area contributed by atoms with Gasteiger partial charge >= 0.3 is 5.97 Å². The maximum atomic E-state index is 13.2. The predicted molar refractivity (Wildman–Crippen MR) is 132 cm³/mol. The molecule has 1 saturated heterocycles. The van der Waals surface area contributed by atoms with Crippen LogP contribution in [0.15, 0.2) is 78.4 Å². The normalized spacial score (nSPS) is 16.6. The number of carbonyl (C=O) groups is 3. The smallest absolute Gasteiger partial charge is 0.337 e. The second-order valence-corrected chi connectivity index (χ2v) is 8.12. The van der Waals surface area contributed by atoms with Gasteiger partial charge in [0.1, 0.15) is 17.3 Å². The van der Waals surface area contributed by atoms with Gasteiger partial charge in [0.25, 0.3) is 11.7 Å². The molecule has 1 atom stereocenters. The summed E-state index contributed by atoms with van der Waals surface area (Å²) in [4.78, 5) is 39.6. The van der Waals surface area contributed by atoms with Crippen molar-refractivity contribution in [1.82, 2.24) is 4.90 Å². The molecule has 4 rings (SSSR count). The summed E-state index contributed by atoms with van der Waals surface area (Å²) in [6.07, 6.45) is 0. The largest absolute Gasteiger partial charge is 0.507 e. The molecule has 0 bridgehead atoms. The number of carbonyl (C=O) groups excluding carboxylic acids is 3. The predicted octanol–water partition coefficient (Wildman–Crippen LogP) is 4.11. The molecule has 0 saturated carbocycles. The van der Waals surface area contributed by atoms with Gasteiger partial charge < -0.3 is 24.2 Å². The average Bonchev–Trinajstić information content (AvgIpc) is 3.17. The highest BCUT2D eigenvalue weighted by molar-refractivity contribution is 6.46. The van der Waals surface area contributed by atoms with Crippen LogP contribution in [0.25, 0.3) is 5.76 Å². The lowest BCUT2D eigenvalue weighted by Gasteiger charge is -2.25. The van der Waals surface area contributed by atoms with E-state index in [9.17, 15) is 19.5 Å². The van der Waals surface area contributed by atoms with E-state index in [4.69, 9.17) is 14.2 Å². The van der Waals surface area contributed by atoms with E-state index in [1.807, 2.05) is 0 Å². The minimum absolute atomic E-state index is 0.0235. The number of Topliss-reactive ketones (excluding diaryl/α,β-unsaturated/α-hetero) is 1. The number of benzene rings is 3. The van der Waals surface area contributed by atoms with Crippen molar-refractivity contribution in [2.24, 2.45) is 0 Å². The highest BCUT2D eigenvalue weighted by Crippen LogP contribution is 2.41. The third-order valence-electron chi connectivity index (χ3n) is 6.04. The second-order valence-electron chi connectivity index (χ2n) is 8.12. The molecule has 1 aliphatic heterocycles. The average molecular weight is 488 g/mol. The lowest BCUT2D eigenvalue weighted by atomic mass is 9.95. The second kappa shape index (κ2) is 10.4. The first-order valence-electron chi connectivity index (χ1n) is 11.1. The molecule has 0 radical (unpaired) electrons. The third-order valence-corrected chi connectivity index (χ3v) is 6.04. The first kappa shape index (κ1) is 24.5. The zero-order chi connectivity index (χ0) is 25.8. The molecule has 3 aromatic carbocycles. The van der Waals surface area contributed by atoms with Gasteiger partial charge in [-0.25, -0.2) is 4.79 Å². The molecule has 1 aliphatic rings. The molecule has 0 aliphatic carbocycles. The van der Waals surface area contributed by atoms with Crippen LogP contribution in [0.5, 0.6) is 11.5 Å². The van der Waals surface area contributed by atoms with Gasteiger partial charge in [-0.3, -0.25) is 9.59 Å². The summed E-state index contributed by atoms with van der Waals surface area (Å²) in [5, 5.41) is 11.2. The Bertz CT molecular complexity index is 1330. The SMILES string of the molecule is COC(=O)c1ccc(CN2C(=O)C(=O)/C(=C(/O)c3cccc(OC)c3)C2c2ccc(OC)cc2)cc1. The number of aliphatic hydroxyl groups excluding tert-OH is 1. The molecule has 36 heavy (non-hydrogen) atoms. The van der Waals surface area contributed by atoms with Crippen molar-refractivity contribution in [3.63, 3.8) is 0 Å². The molecule has 1 unspecified atom stereocenters. The number of rotatable bonds is 7. The summed E-state index contributed by atoms with van der Waals surface area (Å²) < 4.78 is 15.2. The highest BCUT2D eigenvalue weighted by Gasteiger charge is 2.46. The van der Waals surface area contributed by atoms with Crippen molar-refractivity contribution < 1.29 is 33.7 Å². The van der Waals surface area contributed by atoms with E-state index in [-0.39, 0.29) is 17.9 Å². The summed E-state index contributed by atoms with van der Waals surface area (Å²) in [5.41, 5.74) is 2.03. The van der Waals surface area contributed by atoms with Crippen LogP contribution in [0.4, 0.5) is 0 Å². The number of hydrogen-bond acceptors (Lipinski definition) is 7. The number of esters is 1.